The molecule has 0 fully saturated rings. The van der Waals surface area contributed by atoms with Crippen LogP contribution in [-0.4, -0.2) is 24.2 Å². The molecule has 2 rings (SSSR count). The average molecular weight is 250 g/mol. The maximum atomic E-state index is 5.38. The van der Waals surface area contributed by atoms with Crippen molar-refractivity contribution >= 4 is 26.7 Å². The van der Waals surface area contributed by atoms with Crippen LogP contribution in [0.4, 0.5) is 5.13 Å². The molecule has 0 saturated heterocycles. The van der Waals surface area contributed by atoms with Crippen LogP contribution in [0.3, 0.4) is 0 Å². The molecular weight excluding hydrogens is 232 g/mol. The topological polar surface area (TPSA) is 34.1 Å². The molecule has 1 aromatic heterocycles. The standard InChI is InChI=1S/C13H18N2OS/c1-4-16-8-10(3)14-13-15-12-9(2)6-5-7-11(12)17-13/h5-7,10H,4,8H2,1-3H3,(H,14,15). The first kappa shape index (κ1) is 12.3. The molecular formula is C13H18N2OS. The Labute approximate surface area is 106 Å². The lowest BCUT2D eigenvalue weighted by atomic mass is 10.2. The number of benzene rings is 1. The third-order valence-corrected chi connectivity index (χ3v) is 3.51. The van der Waals surface area contributed by atoms with Crippen molar-refractivity contribution in [3.05, 3.63) is 23.8 Å². The summed E-state index contributed by atoms with van der Waals surface area (Å²) in [4.78, 5) is 4.61. The number of hydrogen-bond donors (Lipinski definition) is 1. The van der Waals surface area contributed by atoms with Gasteiger partial charge in [-0.25, -0.2) is 4.98 Å². The van der Waals surface area contributed by atoms with Crippen molar-refractivity contribution in [3.63, 3.8) is 0 Å². The van der Waals surface area contributed by atoms with Crippen LogP contribution >= 0.6 is 11.3 Å². The summed E-state index contributed by atoms with van der Waals surface area (Å²) in [7, 11) is 0. The molecule has 1 N–H and O–H groups in total. The van der Waals surface area contributed by atoms with Gasteiger partial charge in [0.05, 0.1) is 16.8 Å². The van der Waals surface area contributed by atoms with E-state index in [9.17, 15) is 0 Å². The number of aryl methyl sites for hydroxylation is 1. The van der Waals surface area contributed by atoms with Crippen molar-refractivity contribution in [3.8, 4) is 0 Å². The van der Waals surface area contributed by atoms with E-state index in [0.717, 1.165) is 17.3 Å². The van der Waals surface area contributed by atoms with Crippen LogP contribution in [0.5, 0.6) is 0 Å². The first-order valence-corrected chi connectivity index (χ1v) is 6.72. The van der Waals surface area contributed by atoms with Gasteiger partial charge in [0.15, 0.2) is 5.13 Å². The van der Waals surface area contributed by atoms with Crippen LogP contribution in [0.2, 0.25) is 0 Å². The van der Waals surface area contributed by atoms with Crippen LogP contribution in [0.15, 0.2) is 18.2 Å². The Morgan fingerprint density at radius 3 is 3.00 bits per heavy atom. The second-order valence-corrected chi connectivity index (χ2v) is 5.18. The zero-order valence-corrected chi connectivity index (χ0v) is 11.3. The summed E-state index contributed by atoms with van der Waals surface area (Å²) in [6.45, 7) is 7.67. The minimum atomic E-state index is 0.288. The van der Waals surface area contributed by atoms with Crippen LogP contribution in [0, 0.1) is 6.92 Å². The number of thiazole rings is 1. The fraction of sp³-hybridized carbons (Fsp3) is 0.462. The first-order chi connectivity index (χ1) is 8.20. The highest BCUT2D eigenvalue weighted by Crippen LogP contribution is 2.28. The summed E-state index contributed by atoms with van der Waals surface area (Å²) in [5, 5.41) is 4.35. The van der Waals surface area contributed by atoms with Gasteiger partial charge in [0, 0.05) is 12.6 Å². The molecule has 1 heterocycles. The molecule has 0 aliphatic heterocycles. The lowest BCUT2D eigenvalue weighted by Crippen LogP contribution is -2.21. The molecule has 2 aromatic rings. The van der Waals surface area contributed by atoms with Gasteiger partial charge in [-0.05, 0) is 32.4 Å². The van der Waals surface area contributed by atoms with E-state index < -0.39 is 0 Å². The number of nitrogens with zero attached hydrogens (tertiary/aromatic N) is 1. The molecule has 1 atom stereocenters. The van der Waals surface area contributed by atoms with Crippen molar-refractivity contribution in [1.82, 2.24) is 4.98 Å². The van der Waals surface area contributed by atoms with Gasteiger partial charge >= 0.3 is 0 Å². The summed E-state index contributed by atoms with van der Waals surface area (Å²) in [5.74, 6) is 0. The van der Waals surface area contributed by atoms with Crippen molar-refractivity contribution in [2.75, 3.05) is 18.5 Å². The maximum Gasteiger partial charge on any atom is 0.184 e. The second kappa shape index (κ2) is 5.47. The predicted octanol–water partition coefficient (Wildman–Crippen LogP) is 3.44. The molecule has 0 amide bonds. The van der Waals surface area contributed by atoms with E-state index in [1.165, 1.54) is 10.3 Å². The summed E-state index contributed by atoms with van der Waals surface area (Å²) in [6, 6.07) is 6.56. The molecule has 4 heteroatoms. The van der Waals surface area contributed by atoms with E-state index in [4.69, 9.17) is 4.74 Å². The van der Waals surface area contributed by atoms with Crippen molar-refractivity contribution < 1.29 is 4.74 Å². The maximum absolute atomic E-state index is 5.38. The van der Waals surface area contributed by atoms with Gasteiger partial charge in [-0.1, -0.05) is 23.5 Å². The SMILES string of the molecule is CCOCC(C)Nc1nc2c(C)cccc2s1. The Bertz CT molecular complexity index is 495. The highest BCUT2D eigenvalue weighted by molar-refractivity contribution is 7.22. The fourth-order valence-corrected chi connectivity index (χ4v) is 2.75. The Morgan fingerprint density at radius 2 is 2.29 bits per heavy atom. The van der Waals surface area contributed by atoms with Crippen LogP contribution in [0.25, 0.3) is 10.2 Å². The van der Waals surface area contributed by atoms with Gasteiger partial charge < -0.3 is 10.1 Å². The third-order valence-electron chi connectivity index (χ3n) is 2.56. The molecule has 0 saturated carbocycles. The number of nitrogens with one attached hydrogen (secondary N) is 1. The lowest BCUT2D eigenvalue weighted by molar-refractivity contribution is 0.141. The molecule has 1 aromatic carbocycles. The van der Waals surface area contributed by atoms with Crippen LogP contribution in [-0.2, 0) is 4.74 Å². The summed E-state index contributed by atoms with van der Waals surface area (Å²) in [6.07, 6.45) is 0. The number of anilines is 1. The van der Waals surface area contributed by atoms with E-state index in [-0.39, 0.29) is 6.04 Å². The highest BCUT2D eigenvalue weighted by Gasteiger charge is 2.08. The average Bonchev–Trinajstić information content (AvgIpc) is 2.70. The van der Waals surface area contributed by atoms with Gasteiger partial charge in [0.2, 0.25) is 0 Å². The number of rotatable bonds is 5. The predicted molar refractivity (Wildman–Crippen MR) is 73.9 cm³/mol. The van der Waals surface area contributed by atoms with Gasteiger partial charge in [0.1, 0.15) is 0 Å². The van der Waals surface area contributed by atoms with Crippen molar-refractivity contribution in [2.45, 2.75) is 26.8 Å². The molecule has 0 aliphatic rings. The number of aromatic nitrogens is 1. The lowest BCUT2D eigenvalue weighted by Gasteiger charge is -2.11. The van der Waals surface area contributed by atoms with E-state index >= 15 is 0 Å². The minimum absolute atomic E-state index is 0.288. The minimum Gasteiger partial charge on any atom is -0.380 e. The Hall–Kier alpha value is -1.13. The first-order valence-electron chi connectivity index (χ1n) is 5.91. The zero-order chi connectivity index (χ0) is 12.3. The molecule has 1 unspecified atom stereocenters. The highest BCUT2D eigenvalue weighted by atomic mass is 32.1. The Morgan fingerprint density at radius 1 is 1.47 bits per heavy atom. The monoisotopic (exact) mass is 250 g/mol. The van der Waals surface area contributed by atoms with Crippen LogP contribution < -0.4 is 5.32 Å². The number of para-hydroxylation sites is 1. The van der Waals surface area contributed by atoms with Gasteiger partial charge in [-0.2, -0.15) is 0 Å². The zero-order valence-electron chi connectivity index (χ0n) is 10.5. The van der Waals surface area contributed by atoms with Gasteiger partial charge in [0.25, 0.3) is 0 Å². The molecule has 3 nitrogen and oxygen atoms in total. The summed E-state index contributed by atoms with van der Waals surface area (Å²) in [5.41, 5.74) is 2.33. The van der Waals surface area contributed by atoms with Gasteiger partial charge in [-0.15, -0.1) is 0 Å². The normalized spacial score (nSPS) is 12.9. The van der Waals surface area contributed by atoms with Crippen molar-refractivity contribution in [2.24, 2.45) is 0 Å². The second-order valence-electron chi connectivity index (χ2n) is 4.15. The van der Waals surface area contributed by atoms with E-state index in [0.29, 0.717) is 6.61 Å². The van der Waals surface area contributed by atoms with E-state index in [2.05, 4.69) is 42.3 Å². The molecule has 0 aliphatic carbocycles. The summed E-state index contributed by atoms with van der Waals surface area (Å²) < 4.78 is 6.61. The summed E-state index contributed by atoms with van der Waals surface area (Å²) >= 11 is 1.70. The number of hydrogen-bond acceptors (Lipinski definition) is 4. The van der Waals surface area contributed by atoms with Gasteiger partial charge in [-0.3, -0.25) is 0 Å². The molecule has 0 radical (unpaired) electrons. The Balaban J connectivity index is 2.11. The quantitative estimate of drug-likeness (QED) is 0.882. The van der Waals surface area contributed by atoms with E-state index in [1.54, 1.807) is 11.3 Å². The number of ether oxygens (including phenoxy) is 1. The third kappa shape index (κ3) is 2.96. The van der Waals surface area contributed by atoms with E-state index in [1.807, 2.05) is 6.92 Å². The largest absolute Gasteiger partial charge is 0.380 e. The molecule has 0 bridgehead atoms. The number of fused-ring (bicyclic) bond motifs is 1. The Kier molecular flexibility index (Phi) is 3.97. The smallest absolute Gasteiger partial charge is 0.184 e. The van der Waals surface area contributed by atoms with Crippen LogP contribution in [0.1, 0.15) is 19.4 Å². The molecule has 17 heavy (non-hydrogen) atoms. The fourth-order valence-electron chi connectivity index (χ4n) is 1.70. The molecule has 92 valence electrons. The molecule has 0 spiro atoms. The van der Waals surface area contributed by atoms with Crippen molar-refractivity contribution in [1.29, 1.82) is 0 Å².